The molecule has 3 aliphatic rings. The first-order valence-corrected chi connectivity index (χ1v) is 10.5. The molecule has 2 heterocycles. The largest absolute Gasteiger partial charge is 0.394 e. The molecule has 2 amide bonds. The predicted octanol–water partition coefficient (Wildman–Crippen LogP) is 1.41. The monoisotopic (exact) mass is 414 g/mol. The van der Waals surface area contributed by atoms with E-state index in [1.165, 1.54) is 31.8 Å². The zero-order valence-electron chi connectivity index (χ0n) is 17.7. The third kappa shape index (κ3) is 3.35. The Hall–Kier alpha value is -2.22. The van der Waals surface area contributed by atoms with Gasteiger partial charge in [0, 0.05) is 33.2 Å². The molecule has 0 radical (unpaired) electrons. The van der Waals surface area contributed by atoms with Crippen molar-refractivity contribution in [3.8, 4) is 0 Å². The third-order valence-electron chi connectivity index (χ3n) is 6.73. The Bertz CT molecular complexity index is 829. The highest BCUT2D eigenvalue weighted by Gasteiger charge is 2.67. The second-order valence-electron chi connectivity index (χ2n) is 8.45. The molecule has 4 rings (SSSR count). The Morgan fingerprint density at radius 3 is 2.33 bits per heavy atom. The molecule has 1 aromatic carbocycles. The first kappa shape index (κ1) is 21.0. The van der Waals surface area contributed by atoms with Crippen molar-refractivity contribution in [1.29, 1.82) is 0 Å². The third-order valence-corrected chi connectivity index (χ3v) is 6.73. The van der Waals surface area contributed by atoms with Crippen LogP contribution in [0.2, 0.25) is 0 Å². The summed E-state index contributed by atoms with van der Waals surface area (Å²) in [5.74, 6) is -0.266. The number of methoxy groups -OCH3 is 2. The van der Waals surface area contributed by atoms with E-state index in [9.17, 15) is 14.7 Å². The summed E-state index contributed by atoms with van der Waals surface area (Å²) in [6.45, 7) is 0.752. The van der Waals surface area contributed by atoms with Crippen LogP contribution in [0.4, 0.5) is 0 Å². The Labute approximate surface area is 177 Å². The van der Waals surface area contributed by atoms with Crippen LogP contribution in [0.25, 0.3) is 5.57 Å². The summed E-state index contributed by atoms with van der Waals surface area (Å²) in [4.78, 5) is 28.5. The van der Waals surface area contributed by atoms with Gasteiger partial charge in [0.1, 0.15) is 13.2 Å². The quantitative estimate of drug-likeness (QED) is 0.730. The van der Waals surface area contributed by atoms with Crippen molar-refractivity contribution in [2.45, 2.75) is 36.8 Å². The van der Waals surface area contributed by atoms with Crippen molar-refractivity contribution >= 4 is 17.4 Å². The standard InChI is InChI=1S/C23H30N2O5/c1-29-12-20(27)24-14-23(15-24)22(19(11-26)25(23)21(28)13-30-2)18-9-7-17(8-10-18)16-5-3-4-6-16/h5,7-10,19,22,26H,3-4,6,11-15H2,1-2H3/t19-,22-/m1/s1. The molecule has 2 atom stereocenters. The number of likely N-dealkylation sites (tertiary alicyclic amines) is 2. The molecule has 0 saturated carbocycles. The van der Waals surface area contributed by atoms with Crippen molar-refractivity contribution < 1.29 is 24.2 Å². The molecule has 1 aliphatic carbocycles. The van der Waals surface area contributed by atoms with Gasteiger partial charge in [0.15, 0.2) is 0 Å². The Balaban J connectivity index is 1.60. The molecular formula is C23H30N2O5. The van der Waals surface area contributed by atoms with E-state index in [2.05, 4.69) is 30.3 Å². The number of rotatable bonds is 7. The maximum Gasteiger partial charge on any atom is 0.249 e. The van der Waals surface area contributed by atoms with Crippen LogP contribution in [-0.2, 0) is 19.1 Å². The number of aliphatic hydroxyl groups is 1. The molecule has 1 aromatic rings. The molecule has 7 heteroatoms. The van der Waals surface area contributed by atoms with Gasteiger partial charge in [-0.2, -0.15) is 0 Å². The normalized spacial score (nSPS) is 24.4. The lowest BCUT2D eigenvalue weighted by atomic mass is 9.60. The van der Waals surface area contributed by atoms with Crippen LogP contribution < -0.4 is 0 Å². The molecule has 1 N–H and O–H groups in total. The summed E-state index contributed by atoms with van der Waals surface area (Å²) in [5.41, 5.74) is 3.22. The van der Waals surface area contributed by atoms with Gasteiger partial charge in [0.25, 0.3) is 0 Å². The van der Waals surface area contributed by atoms with Gasteiger partial charge in [-0.15, -0.1) is 0 Å². The van der Waals surface area contributed by atoms with Crippen molar-refractivity contribution in [2.75, 3.05) is 47.1 Å². The smallest absolute Gasteiger partial charge is 0.249 e. The summed E-state index contributed by atoms with van der Waals surface area (Å²) < 4.78 is 10.0. The zero-order chi connectivity index (χ0) is 21.3. The van der Waals surface area contributed by atoms with Crippen LogP contribution >= 0.6 is 0 Å². The second kappa shape index (κ2) is 8.49. The van der Waals surface area contributed by atoms with Crippen LogP contribution in [0.3, 0.4) is 0 Å². The minimum absolute atomic E-state index is 0.0264. The van der Waals surface area contributed by atoms with Crippen LogP contribution in [0.1, 0.15) is 36.3 Å². The summed E-state index contributed by atoms with van der Waals surface area (Å²) in [6, 6.07) is 8.19. The molecule has 162 valence electrons. The molecule has 2 fully saturated rings. The Morgan fingerprint density at radius 2 is 1.77 bits per heavy atom. The average molecular weight is 415 g/mol. The van der Waals surface area contributed by atoms with Gasteiger partial charge in [-0.25, -0.2) is 0 Å². The number of nitrogens with zero attached hydrogens (tertiary/aromatic N) is 2. The lowest BCUT2D eigenvalue weighted by Gasteiger charge is -2.70. The number of allylic oxidation sites excluding steroid dienone is 2. The molecular weight excluding hydrogens is 384 g/mol. The molecule has 2 saturated heterocycles. The van der Waals surface area contributed by atoms with Crippen LogP contribution in [0.15, 0.2) is 30.3 Å². The highest BCUT2D eigenvalue weighted by atomic mass is 16.5. The summed E-state index contributed by atoms with van der Waals surface area (Å²) in [5, 5.41) is 10.1. The van der Waals surface area contributed by atoms with Crippen molar-refractivity contribution in [1.82, 2.24) is 9.80 Å². The first-order valence-electron chi connectivity index (χ1n) is 10.5. The fourth-order valence-electron chi connectivity index (χ4n) is 5.44. The Morgan fingerprint density at radius 1 is 1.10 bits per heavy atom. The minimum atomic E-state index is -0.499. The van der Waals surface area contributed by atoms with E-state index in [1.54, 1.807) is 9.80 Å². The number of aliphatic hydroxyl groups excluding tert-OH is 1. The van der Waals surface area contributed by atoms with E-state index in [1.807, 2.05) is 0 Å². The number of hydrogen-bond acceptors (Lipinski definition) is 5. The van der Waals surface area contributed by atoms with Crippen LogP contribution in [0.5, 0.6) is 0 Å². The highest BCUT2D eigenvalue weighted by molar-refractivity contribution is 5.84. The fraction of sp³-hybridized carbons (Fsp3) is 0.565. The molecule has 0 aromatic heterocycles. The van der Waals surface area contributed by atoms with Gasteiger partial charge >= 0.3 is 0 Å². The van der Waals surface area contributed by atoms with Gasteiger partial charge in [0.05, 0.1) is 18.2 Å². The zero-order valence-corrected chi connectivity index (χ0v) is 17.7. The van der Waals surface area contributed by atoms with E-state index >= 15 is 0 Å². The summed E-state index contributed by atoms with van der Waals surface area (Å²) >= 11 is 0. The first-order chi connectivity index (χ1) is 14.6. The fourth-order valence-corrected chi connectivity index (χ4v) is 5.44. The van der Waals surface area contributed by atoms with Crippen LogP contribution in [-0.4, -0.2) is 85.4 Å². The van der Waals surface area contributed by atoms with Crippen molar-refractivity contribution in [3.63, 3.8) is 0 Å². The second-order valence-corrected chi connectivity index (χ2v) is 8.45. The number of carbonyl (C=O) groups is 2. The maximum atomic E-state index is 12.8. The predicted molar refractivity (Wildman–Crippen MR) is 112 cm³/mol. The van der Waals surface area contributed by atoms with Gasteiger partial charge in [-0.05, 0) is 36.0 Å². The molecule has 0 unspecified atom stereocenters. The maximum absolute atomic E-state index is 12.8. The van der Waals surface area contributed by atoms with E-state index < -0.39 is 5.54 Å². The lowest BCUT2D eigenvalue weighted by Crippen LogP contribution is -2.86. The lowest BCUT2D eigenvalue weighted by molar-refractivity contribution is -0.206. The molecule has 30 heavy (non-hydrogen) atoms. The van der Waals surface area contributed by atoms with Crippen LogP contribution in [0, 0.1) is 0 Å². The van der Waals surface area contributed by atoms with Crippen molar-refractivity contribution in [2.24, 2.45) is 0 Å². The van der Waals surface area contributed by atoms with E-state index in [-0.39, 0.29) is 43.6 Å². The molecule has 2 aliphatic heterocycles. The summed E-state index contributed by atoms with van der Waals surface area (Å²) in [6.07, 6.45) is 5.75. The van der Waals surface area contributed by atoms with Gasteiger partial charge in [0.2, 0.25) is 11.8 Å². The molecule has 7 nitrogen and oxygen atoms in total. The average Bonchev–Trinajstić information content (AvgIpc) is 3.22. The van der Waals surface area contributed by atoms with Gasteiger partial charge in [-0.3, -0.25) is 9.59 Å². The van der Waals surface area contributed by atoms with E-state index in [4.69, 9.17) is 9.47 Å². The SMILES string of the molecule is COCC(=O)N1CC2(C1)[C@H](c1ccc(C3=CCCC3)cc1)[C@@H](CO)N2C(=O)COC. The van der Waals surface area contributed by atoms with Gasteiger partial charge < -0.3 is 24.4 Å². The summed E-state index contributed by atoms with van der Waals surface area (Å²) in [7, 11) is 2.98. The topological polar surface area (TPSA) is 79.3 Å². The molecule has 1 spiro atoms. The number of benzene rings is 1. The van der Waals surface area contributed by atoms with E-state index in [0.29, 0.717) is 13.1 Å². The number of hydrogen-bond donors (Lipinski definition) is 1. The van der Waals surface area contributed by atoms with Gasteiger partial charge in [-0.1, -0.05) is 30.3 Å². The Kier molecular flexibility index (Phi) is 5.95. The highest BCUT2D eigenvalue weighted by Crippen LogP contribution is 2.54. The number of amides is 2. The minimum Gasteiger partial charge on any atom is -0.394 e. The molecule has 0 bridgehead atoms. The number of carbonyl (C=O) groups excluding carboxylic acids is 2. The number of ether oxygens (including phenoxy) is 2. The van der Waals surface area contributed by atoms with Crippen molar-refractivity contribution in [3.05, 3.63) is 41.5 Å². The van der Waals surface area contributed by atoms with E-state index in [0.717, 1.165) is 18.4 Å².